The second-order valence-corrected chi connectivity index (χ2v) is 7.38. The molecule has 1 nitrogen and oxygen atoms in total. The van der Waals surface area contributed by atoms with Crippen molar-refractivity contribution >= 4 is 10.8 Å². The Morgan fingerprint density at radius 3 is 2.05 bits per heavy atom. The molecule has 1 unspecified atom stereocenters. The molecule has 0 fully saturated rings. The molecule has 1 heterocycles. The van der Waals surface area contributed by atoms with Crippen molar-refractivity contribution in [3.8, 4) is 0 Å². The van der Waals surface area contributed by atoms with E-state index in [1.165, 1.54) is 22.3 Å². The Morgan fingerprint density at radius 1 is 1.00 bits per heavy atom. The molecule has 0 N–H and O–H groups in total. The van der Waals surface area contributed by atoms with Crippen LogP contribution in [0.3, 0.4) is 0 Å². The van der Waals surface area contributed by atoms with E-state index in [1.54, 1.807) is 0 Å². The molecule has 3 aliphatic rings. The molecule has 0 amide bonds. The van der Waals surface area contributed by atoms with Crippen molar-refractivity contribution in [3.63, 3.8) is 0 Å². The zero-order valence-electron chi connectivity index (χ0n) is 11.6. The third-order valence-corrected chi connectivity index (χ3v) is 6.70. The topological polar surface area (TPSA) is 17.1 Å². The lowest BCUT2D eigenvalue weighted by Crippen LogP contribution is -2.42. The van der Waals surface area contributed by atoms with E-state index in [0.29, 0.717) is 0 Å². The normalized spacial score (nSPS) is 28.8. The van der Waals surface area contributed by atoms with Crippen LogP contribution in [-0.4, -0.2) is 14.7 Å². The predicted octanol–water partition coefficient (Wildman–Crippen LogP) is 3.99. The van der Waals surface area contributed by atoms with E-state index >= 15 is 0 Å². The van der Waals surface area contributed by atoms with Crippen LogP contribution >= 0.6 is 0 Å². The number of rotatable bonds is 2. The predicted molar refractivity (Wildman–Crippen MR) is 82.4 cm³/mol. The van der Waals surface area contributed by atoms with Gasteiger partial charge in [-0.05, 0) is 44.3 Å². The SMILES string of the molecule is CC1=C(C)CC(C2=CC=CC2)(C2=CC=CC2)S(=O)C1. The lowest BCUT2D eigenvalue weighted by atomic mass is 9.82. The van der Waals surface area contributed by atoms with Gasteiger partial charge in [-0.1, -0.05) is 47.6 Å². The highest BCUT2D eigenvalue weighted by molar-refractivity contribution is 7.87. The van der Waals surface area contributed by atoms with Crippen molar-refractivity contribution in [3.05, 3.63) is 58.7 Å². The molecular formula is C17H20OS. The first-order valence-electron chi connectivity index (χ1n) is 6.90. The van der Waals surface area contributed by atoms with Gasteiger partial charge in [0, 0.05) is 16.6 Å². The summed E-state index contributed by atoms with van der Waals surface area (Å²) in [7, 11) is -0.842. The third kappa shape index (κ3) is 1.93. The Kier molecular flexibility index (Phi) is 3.22. The highest BCUT2D eigenvalue weighted by Gasteiger charge is 2.45. The van der Waals surface area contributed by atoms with E-state index in [1.807, 2.05) is 0 Å². The highest BCUT2D eigenvalue weighted by atomic mass is 32.2. The van der Waals surface area contributed by atoms with Gasteiger partial charge in [0.05, 0.1) is 4.75 Å². The van der Waals surface area contributed by atoms with Crippen LogP contribution in [-0.2, 0) is 10.8 Å². The Morgan fingerprint density at radius 2 is 1.58 bits per heavy atom. The lowest BCUT2D eigenvalue weighted by molar-refractivity contribution is 0.630. The maximum absolute atomic E-state index is 13.0. The number of allylic oxidation sites excluding steroid dienone is 7. The van der Waals surface area contributed by atoms with Crippen molar-refractivity contribution < 1.29 is 4.21 Å². The van der Waals surface area contributed by atoms with Crippen molar-refractivity contribution in [2.75, 3.05) is 5.75 Å². The van der Waals surface area contributed by atoms with Gasteiger partial charge in [-0.3, -0.25) is 4.21 Å². The van der Waals surface area contributed by atoms with Crippen LogP contribution in [0.15, 0.2) is 58.7 Å². The summed E-state index contributed by atoms with van der Waals surface area (Å²) in [4.78, 5) is 0. The lowest BCUT2D eigenvalue weighted by Gasteiger charge is -2.40. The molecular weight excluding hydrogens is 252 g/mol. The molecule has 100 valence electrons. The minimum atomic E-state index is -0.842. The van der Waals surface area contributed by atoms with E-state index in [4.69, 9.17) is 0 Å². The average Bonchev–Trinajstić information content (AvgIpc) is 3.06. The Labute approximate surface area is 117 Å². The standard InChI is InChI=1S/C17H20OS/c1-13-11-17(15-7-3-4-8-15,16-9-5-6-10-16)19(18)12-14(13)2/h3-7,9H,8,10-12H2,1-2H3. The second kappa shape index (κ2) is 4.75. The van der Waals surface area contributed by atoms with Crippen LogP contribution in [0.5, 0.6) is 0 Å². The average molecular weight is 272 g/mol. The molecule has 0 saturated heterocycles. The highest BCUT2D eigenvalue weighted by Crippen LogP contribution is 2.47. The molecule has 3 rings (SSSR count). The quantitative estimate of drug-likeness (QED) is 0.695. The van der Waals surface area contributed by atoms with E-state index < -0.39 is 10.8 Å². The van der Waals surface area contributed by atoms with Crippen LogP contribution in [0.1, 0.15) is 33.1 Å². The molecule has 0 bridgehead atoms. The van der Waals surface area contributed by atoms with Gasteiger partial charge in [0.2, 0.25) is 0 Å². The Hall–Kier alpha value is -1.15. The molecule has 2 aliphatic carbocycles. The molecule has 0 aromatic rings. The van der Waals surface area contributed by atoms with Crippen LogP contribution in [0.25, 0.3) is 0 Å². The first kappa shape index (κ1) is 12.9. The molecule has 19 heavy (non-hydrogen) atoms. The fraction of sp³-hybridized carbons (Fsp3) is 0.412. The van der Waals surface area contributed by atoms with Crippen LogP contribution in [0, 0.1) is 0 Å². The summed E-state index contributed by atoms with van der Waals surface area (Å²) >= 11 is 0. The summed E-state index contributed by atoms with van der Waals surface area (Å²) in [6, 6.07) is 0. The minimum absolute atomic E-state index is 0.239. The summed E-state index contributed by atoms with van der Waals surface area (Å²) < 4.78 is 12.7. The van der Waals surface area contributed by atoms with Crippen LogP contribution < -0.4 is 0 Å². The van der Waals surface area contributed by atoms with Gasteiger partial charge >= 0.3 is 0 Å². The van der Waals surface area contributed by atoms with Gasteiger partial charge in [0.15, 0.2) is 0 Å². The van der Waals surface area contributed by atoms with Crippen LogP contribution in [0.2, 0.25) is 0 Å². The summed E-state index contributed by atoms with van der Waals surface area (Å²) in [5.41, 5.74) is 5.41. The Bertz CT molecular complexity index is 554. The molecule has 0 saturated carbocycles. The van der Waals surface area contributed by atoms with Gasteiger partial charge in [0.1, 0.15) is 0 Å². The van der Waals surface area contributed by atoms with Gasteiger partial charge in [-0.25, -0.2) is 0 Å². The smallest absolute Gasteiger partial charge is 0.0928 e. The maximum Gasteiger partial charge on any atom is 0.0928 e. The summed E-state index contributed by atoms with van der Waals surface area (Å²) in [5.74, 6) is 0.723. The number of hydrogen-bond donors (Lipinski definition) is 0. The largest absolute Gasteiger partial charge is 0.258 e. The molecule has 0 radical (unpaired) electrons. The first-order valence-corrected chi connectivity index (χ1v) is 8.22. The molecule has 1 atom stereocenters. The minimum Gasteiger partial charge on any atom is -0.258 e. The maximum atomic E-state index is 13.0. The second-order valence-electron chi connectivity index (χ2n) is 5.70. The van der Waals surface area contributed by atoms with Gasteiger partial charge in [-0.15, -0.1) is 0 Å². The van der Waals surface area contributed by atoms with E-state index in [-0.39, 0.29) is 4.75 Å². The Balaban J connectivity index is 2.10. The molecule has 1 aliphatic heterocycles. The molecule has 2 heteroatoms. The van der Waals surface area contributed by atoms with Crippen LogP contribution in [0.4, 0.5) is 0 Å². The zero-order chi connectivity index (χ0) is 13.5. The first-order chi connectivity index (χ1) is 9.14. The van der Waals surface area contributed by atoms with Crippen molar-refractivity contribution in [2.45, 2.75) is 37.9 Å². The molecule has 0 spiro atoms. The fourth-order valence-electron chi connectivity index (χ4n) is 3.27. The third-order valence-electron chi connectivity index (χ3n) is 4.56. The van der Waals surface area contributed by atoms with Crippen molar-refractivity contribution in [2.24, 2.45) is 0 Å². The molecule has 0 aromatic heterocycles. The molecule has 0 aromatic carbocycles. The van der Waals surface area contributed by atoms with E-state index in [2.05, 4.69) is 50.3 Å². The zero-order valence-corrected chi connectivity index (χ0v) is 12.4. The van der Waals surface area contributed by atoms with Gasteiger partial charge in [-0.2, -0.15) is 0 Å². The van der Waals surface area contributed by atoms with E-state index in [0.717, 1.165) is 25.0 Å². The van der Waals surface area contributed by atoms with Gasteiger partial charge in [0.25, 0.3) is 0 Å². The van der Waals surface area contributed by atoms with Crippen molar-refractivity contribution in [1.29, 1.82) is 0 Å². The van der Waals surface area contributed by atoms with E-state index in [9.17, 15) is 4.21 Å². The number of hydrogen-bond acceptors (Lipinski definition) is 1. The van der Waals surface area contributed by atoms with Gasteiger partial charge < -0.3 is 0 Å². The summed E-state index contributed by atoms with van der Waals surface area (Å²) in [6.07, 6.45) is 15.8. The van der Waals surface area contributed by atoms with Crippen molar-refractivity contribution in [1.82, 2.24) is 0 Å². The summed E-state index contributed by atoms with van der Waals surface area (Å²) in [6.45, 7) is 4.33. The monoisotopic (exact) mass is 272 g/mol. The fourth-order valence-corrected chi connectivity index (χ4v) is 5.42. The summed E-state index contributed by atoms with van der Waals surface area (Å²) in [5, 5.41) is 0.